The predicted molar refractivity (Wildman–Crippen MR) is 170 cm³/mol. The molecule has 0 amide bonds. The molecular weight excluding hydrogens is 528 g/mol. The van der Waals surface area contributed by atoms with Crippen LogP contribution in [0.1, 0.15) is 102 Å². The van der Waals surface area contributed by atoms with Crippen molar-refractivity contribution in [3.63, 3.8) is 0 Å². The molecule has 42 heavy (non-hydrogen) atoms. The molecule has 2 aromatic carbocycles. The van der Waals surface area contributed by atoms with E-state index < -0.39 is 11.6 Å². The molecule has 0 radical (unpaired) electrons. The van der Waals surface area contributed by atoms with Crippen molar-refractivity contribution in [2.45, 2.75) is 91.9 Å². The number of carbonyl (C=O) groups excluding carboxylic acids is 1. The van der Waals surface area contributed by atoms with Crippen molar-refractivity contribution in [2.24, 2.45) is 0 Å². The quantitative estimate of drug-likeness (QED) is 0.0652. The van der Waals surface area contributed by atoms with E-state index in [2.05, 4.69) is 39.8 Å². The minimum atomic E-state index is -0.690. The van der Waals surface area contributed by atoms with Crippen LogP contribution in [0.15, 0.2) is 81.0 Å². The standard InChI is InChI=1S/C36H46O6/c1-5-6-7-8-9-10-11-15-24-40-34-33(42-35(37)29-19-13-12-14-20-29)31-22-21-30(26-32(31)41-36(34)38)39-25-23-28(4)18-16-17-27(2)3/h12-14,17,19-23,26H,5-11,15-16,18,24-25H2,1-4H3/b28-23+. The van der Waals surface area contributed by atoms with Gasteiger partial charge in [-0.2, -0.15) is 0 Å². The maximum atomic E-state index is 13.1. The van der Waals surface area contributed by atoms with Gasteiger partial charge in [0.2, 0.25) is 5.75 Å². The summed E-state index contributed by atoms with van der Waals surface area (Å²) in [5, 5.41) is 0.464. The molecule has 0 spiro atoms. The van der Waals surface area contributed by atoms with E-state index in [0.717, 1.165) is 32.1 Å². The third-order valence-corrected chi connectivity index (χ3v) is 7.01. The van der Waals surface area contributed by atoms with Crippen LogP contribution in [0.25, 0.3) is 11.0 Å². The highest BCUT2D eigenvalue weighted by molar-refractivity contribution is 5.95. The molecule has 0 bridgehead atoms. The lowest BCUT2D eigenvalue weighted by molar-refractivity contribution is 0.0729. The van der Waals surface area contributed by atoms with Crippen molar-refractivity contribution in [3.8, 4) is 17.2 Å². The fourth-order valence-corrected chi connectivity index (χ4v) is 4.56. The van der Waals surface area contributed by atoms with Crippen LogP contribution in [-0.2, 0) is 0 Å². The molecule has 3 rings (SSSR count). The van der Waals surface area contributed by atoms with E-state index in [-0.39, 0.29) is 17.1 Å². The normalized spacial score (nSPS) is 11.4. The van der Waals surface area contributed by atoms with E-state index in [1.807, 2.05) is 6.07 Å². The molecule has 0 aliphatic heterocycles. The zero-order valence-electron chi connectivity index (χ0n) is 25.7. The summed E-state index contributed by atoms with van der Waals surface area (Å²) in [6, 6.07) is 13.8. The van der Waals surface area contributed by atoms with Crippen molar-refractivity contribution in [1.29, 1.82) is 0 Å². The minimum absolute atomic E-state index is 0.0660. The average Bonchev–Trinajstić information content (AvgIpc) is 2.97. The van der Waals surface area contributed by atoms with Gasteiger partial charge in [-0.05, 0) is 70.4 Å². The first-order valence-corrected chi connectivity index (χ1v) is 15.3. The van der Waals surface area contributed by atoms with Gasteiger partial charge >= 0.3 is 11.6 Å². The Morgan fingerprint density at radius 1 is 0.833 bits per heavy atom. The van der Waals surface area contributed by atoms with Gasteiger partial charge in [0.15, 0.2) is 5.75 Å². The second-order valence-electron chi connectivity index (χ2n) is 11.0. The molecule has 0 aliphatic rings. The van der Waals surface area contributed by atoms with E-state index in [9.17, 15) is 9.59 Å². The molecule has 0 saturated carbocycles. The maximum absolute atomic E-state index is 13.1. The topological polar surface area (TPSA) is 75.0 Å². The lowest BCUT2D eigenvalue weighted by Gasteiger charge is -2.13. The molecule has 0 saturated heterocycles. The second kappa shape index (κ2) is 17.9. The van der Waals surface area contributed by atoms with Gasteiger partial charge in [0.25, 0.3) is 0 Å². The molecule has 1 aromatic heterocycles. The number of unbranched alkanes of at least 4 members (excludes halogenated alkanes) is 7. The predicted octanol–water partition coefficient (Wildman–Crippen LogP) is 9.60. The molecular formula is C36H46O6. The molecule has 0 aliphatic carbocycles. The average molecular weight is 575 g/mol. The van der Waals surface area contributed by atoms with E-state index >= 15 is 0 Å². The number of hydrogen-bond acceptors (Lipinski definition) is 6. The van der Waals surface area contributed by atoms with Gasteiger partial charge in [-0.3, -0.25) is 0 Å². The first kappa shape index (κ1) is 32.7. The second-order valence-corrected chi connectivity index (χ2v) is 11.0. The molecule has 1 heterocycles. The number of hydrogen-bond donors (Lipinski definition) is 0. The highest BCUT2D eigenvalue weighted by Crippen LogP contribution is 2.35. The summed E-state index contributed by atoms with van der Waals surface area (Å²) in [4.78, 5) is 26.0. The Kier molecular flexibility index (Phi) is 13.9. The first-order chi connectivity index (χ1) is 20.4. The Hall–Kier alpha value is -3.80. The third kappa shape index (κ3) is 10.9. The van der Waals surface area contributed by atoms with E-state index in [1.165, 1.54) is 43.3 Å². The lowest BCUT2D eigenvalue weighted by Crippen LogP contribution is -2.15. The molecule has 6 nitrogen and oxygen atoms in total. The Morgan fingerprint density at radius 2 is 1.55 bits per heavy atom. The largest absolute Gasteiger partial charge is 0.489 e. The summed E-state index contributed by atoms with van der Waals surface area (Å²) >= 11 is 0. The highest BCUT2D eigenvalue weighted by Gasteiger charge is 2.22. The summed E-state index contributed by atoms with van der Waals surface area (Å²) in [5.41, 5.74) is 2.50. The third-order valence-electron chi connectivity index (χ3n) is 7.01. The number of esters is 1. The van der Waals surface area contributed by atoms with Crippen LogP contribution in [0.5, 0.6) is 17.2 Å². The van der Waals surface area contributed by atoms with Crippen molar-refractivity contribution in [1.82, 2.24) is 0 Å². The number of fused-ring (bicyclic) bond motifs is 1. The minimum Gasteiger partial charge on any atom is -0.489 e. The Morgan fingerprint density at radius 3 is 2.26 bits per heavy atom. The van der Waals surface area contributed by atoms with Gasteiger partial charge in [0, 0.05) is 6.07 Å². The zero-order valence-corrected chi connectivity index (χ0v) is 25.7. The summed E-state index contributed by atoms with van der Waals surface area (Å²) in [6.07, 6.45) is 15.4. The highest BCUT2D eigenvalue weighted by atomic mass is 16.6. The van der Waals surface area contributed by atoms with Gasteiger partial charge in [-0.1, -0.05) is 87.3 Å². The van der Waals surface area contributed by atoms with Gasteiger partial charge in [0.05, 0.1) is 17.6 Å². The number of rotatable bonds is 18. The Labute approximate surface area is 250 Å². The summed E-state index contributed by atoms with van der Waals surface area (Å²) < 4.78 is 23.2. The van der Waals surface area contributed by atoms with Crippen molar-refractivity contribution in [3.05, 3.63) is 87.8 Å². The zero-order chi connectivity index (χ0) is 30.2. The van der Waals surface area contributed by atoms with Gasteiger partial charge in [-0.25, -0.2) is 9.59 Å². The van der Waals surface area contributed by atoms with E-state index in [1.54, 1.807) is 42.5 Å². The molecule has 3 aromatic rings. The van der Waals surface area contributed by atoms with Crippen LogP contribution < -0.4 is 19.8 Å². The molecule has 226 valence electrons. The number of carbonyl (C=O) groups is 1. The maximum Gasteiger partial charge on any atom is 0.383 e. The summed E-state index contributed by atoms with van der Waals surface area (Å²) in [5.74, 6) is -0.0463. The van der Waals surface area contributed by atoms with Crippen LogP contribution in [0.2, 0.25) is 0 Å². The smallest absolute Gasteiger partial charge is 0.383 e. The Bertz CT molecular complexity index is 1380. The number of allylic oxidation sites excluding steroid dienone is 3. The monoisotopic (exact) mass is 574 g/mol. The van der Waals surface area contributed by atoms with Crippen LogP contribution in [0, 0.1) is 0 Å². The van der Waals surface area contributed by atoms with E-state index in [0.29, 0.717) is 29.9 Å². The van der Waals surface area contributed by atoms with Gasteiger partial charge in [0.1, 0.15) is 17.9 Å². The van der Waals surface area contributed by atoms with E-state index in [4.69, 9.17) is 18.6 Å². The summed E-state index contributed by atoms with van der Waals surface area (Å²) in [7, 11) is 0. The fraction of sp³-hybridized carbons (Fsp3) is 0.444. The number of benzene rings is 2. The van der Waals surface area contributed by atoms with Crippen LogP contribution in [0.3, 0.4) is 0 Å². The van der Waals surface area contributed by atoms with Crippen LogP contribution in [0.4, 0.5) is 0 Å². The van der Waals surface area contributed by atoms with Gasteiger partial charge in [-0.15, -0.1) is 0 Å². The molecule has 0 fully saturated rings. The first-order valence-electron chi connectivity index (χ1n) is 15.3. The lowest BCUT2D eigenvalue weighted by atomic mass is 10.1. The van der Waals surface area contributed by atoms with Crippen molar-refractivity contribution in [2.75, 3.05) is 13.2 Å². The van der Waals surface area contributed by atoms with Gasteiger partial charge < -0.3 is 18.6 Å². The van der Waals surface area contributed by atoms with Crippen LogP contribution in [-0.4, -0.2) is 19.2 Å². The SMILES string of the molecule is CCCCCCCCCCOc1c(OC(=O)c2ccccc2)c2ccc(OC/C=C(\C)CCC=C(C)C)cc2oc1=O. The van der Waals surface area contributed by atoms with Crippen LogP contribution >= 0.6 is 0 Å². The summed E-state index contributed by atoms with van der Waals surface area (Å²) in [6.45, 7) is 9.23. The molecule has 0 atom stereocenters. The molecule has 0 N–H and O–H groups in total. The fourth-order valence-electron chi connectivity index (χ4n) is 4.56. The Balaban J connectivity index is 1.74. The van der Waals surface area contributed by atoms with Crippen molar-refractivity contribution >= 4 is 16.9 Å². The molecule has 0 unspecified atom stereocenters. The molecule has 6 heteroatoms. The van der Waals surface area contributed by atoms with Crippen molar-refractivity contribution < 1.29 is 23.4 Å². The number of ether oxygens (including phenoxy) is 3.